The molecule has 0 bridgehead atoms. The largest absolute Gasteiger partial charge is 0.508 e. The van der Waals surface area contributed by atoms with Gasteiger partial charge in [-0.1, -0.05) is 42.5 Å². The molecule has 3 heteroatoms. The molecular formula is C14H13NO2. The van der Waals surface area contributed by atoms with E-state index in [4.69, 9.17) is 5.73 Å². The van der Waals surface area contributed by atoms with Crippen LogP contribution in [0.4, 0.5) is 5.69 Å². The van der Waals surface area contributed by atoms with Gasteiger partial charge in [0.05, 0.1) is 5.69 Å². The van der Waals surface area contributed by atoms with Crippen molar-refractivity contribution in [2.24, 2.45) is 0 Å². The maximum atomic E-state index is 9.46. The van der Waals surface area contributed by atoms with Crippen LogP contribution < -0.4 is 5.73 Å². The normalized spacial score (nSPS) is 10.8. The highest BCUT2D eigenvalue weighted by Gasteiger charge is 2.03. The van der Waals surface area contributed by atoms with Crippen LogP contribution in [0.1, 0.15) is 11.1 Å². The van der Waals surface area contributed by atoms with Crippen molar-refractivity contribution in [3.63, 3.8) is 0 Å². The van der Waals surface area contributed by atoms with E-state index in [-0.39, 0.29) is 17.2 Å². The topological polar surface area (TPSA) is 66.5 Å². The number of nitrogen functional groups attached to an aromatic ring is 1. The minimum absolute atomic E-state index is 0.00980. The zero-order valence-electron chi connectivity index (χ0n) is 9.17. The van der Waals surface area contributed by atoms with Gasteiger partial charge in [-0.3, -0.25) is 0 Å². The summed E-state index contributed by atoms with van der Waals surface area (Å²) in [5.74, 6) is -0.123. The number of nitrogens with two attached hydrogens (primary N) is 1. The monoisotopic (exact) mass is 227 g/mol. The molecule has 86 valence electrons. The second-order valence-electron chi connectivity index (χ2n) is 3.71. The molecule has 0 saturated carbocycles. The summed E-state index contributed by atoms with van der Waals surface area (Å²) in [7, 11) is 0. The summed E-state index contributed by atoms with van der Waals surface area (Å²) >= 11 is 0. The molecule has 0 aromatic heterocycles. The van der Waals surface area contributed by atoms with Crippen molar-refractivity contribution in [2.75, 3.05) is 5.73 Å². The third kappa shape index (κ3) is 2.58. The van der Waals surface area contributed by atoms with E-state index in [0.717, 1.165) is 5.56 Å². The number of benzene rings is 2. The lowest BCUT2D eigenvalue weighted by Gasteiger charge is -2.04. The van der Waals surface area contributed by atoms with E-state index in [9.17, 15) is 10.2 Å². The lowest BCUT2D eigenvalue weighted by molar-refractivity contribution is 0.452. The Bertz CT molecular complexity index is 548. The Kier molecular flexibility index (Phi) is 3.01. The van der Waals surface area contributed by atoms with Gasteiger partial charge in [0.2, 0.25) is 0 Å². The van der Waals surface area contributed by atoms with Crippen molar-refractivity contribution in [3.8, 4) is 11.5 Å². The third-order valence-electron chi connectivity index (χ3n) is 2.43. The molecule has 0 heterocycles. The fourth-order valence-corrected chi connectivity index (χ4v) is 1.53. The van der Waals surface area contributed by atoms with E-state index in [1.54, 1.807) is 6.08 Å². The van der Waals surface area contributed by atoms with Crippen LogP contribution >= 0.6 is 0 Å². The summed E-state index contributed by atoms with van der Waals surface area (Å²) in [6, 6.07) is 12.4. The lowest BCUT2D eigenvalue weighted by atomic mass is 10.1. The van der Waals surface area contributed by atoms with E-state index in [0.29, 0.717) is 5.56 Å². The quantitative estimate of drug-likeness (QED) is 0.320. The average Bonchev–Trinajstić information content (AvgIpc) is 2.33. The number of hydrogen-bond acceptors (Lipinski definition) is 3. The SMILES string of the molecule is Nc1c(O)cc(O)cc1C=Cc1ccccc1. The summed E-state index contributed by atoms with van der Waals surface area (Å²) in [5.41, 5.74) is 7.57. The molecule has 2 aromatic carbocycles. The Morgan fingerprint density at radius 2 is 1.65 bits per heavy atom. The lowest BCUT2D eigenvalue weighted by Crippen LogP contribution is -1.89. The maximum absolute atomic E-state index is 9.46. The molecule has 4 N–H and O–H groups in total. The van der Waals surface area contributed by atoms with Crippen LogP contribution in [-0.2, 0) is 0 Å². The Morgan fingerprint density at radius 3 is 2.35 bits per heavy atom. The van der Waals surface area contributed by atoms with E-state index in [1.807, 2.05) is 36.4 Å². The number of rotatable bonds is 2. The molecule has 0 atom stereocenters. The zero-order valence-corrected chi connectivity index (χ0v) is 9.17. The fraction of sp³-hybridized carbons (Fsp3) is 0. The first-order chi connectivity index (χ1) is 8.16. The summed E-state index contributed by atoms with van der Waals surface area (Å²) < 4.78 is 0. The van der Waals surface area contributed by atoms with Crippen molar-refractivity contribution >= 4 is 17.8 Å². The molecule has 0 amide bonds. The Labute approximate surface area is 99.5 Å². The van der Waals surface area contributed by atoms with Gasteiger partial charge in [0.1, 0.15) is 11.5 Å². The highest BCUT2D eigenvalue weighted by Crippen LogP contribution is 2.30. The number of phenols is 2. The zero-order chi connectivity index (χ0) is 12.3. The van der Waals surface area contributed by atoms with Crippen molar-refractivity contribution in [1.29, 1.82) is 0 Å². The molecule has 0 aliphatic rings. The van der Waals surface area contributed by atoms with E-state index >= 15 is 0 Å². The highest BCUT2D eigenvalue weighted by atomic mass is 16.3. The Hall–Kier alpha value is -2.42. The summed E-state index contributed by atoms with van der Waals surface area (Å²) in [5, 5.41) is 18.8. The van der Waals surface area contributed by atoms with Gasteiger partial charge >= 0.3 is 0 Å². The molecule has 17 heavy (non-hydrogen) atoms. The van der Waals surface area contributed by atoms with Gasteiger partial charge in [0.15, 0.2) is 0 Å². The molecule has 0 saturated heterocycles. The second-order valence-corrected chi connectivity index (χ2v) is 3.71. The van der Waals surface area contributed by atoms with Crippen LogP contribution in [0.5, 0.6) is 11.5 Å². The number of phenolic OH excluding ortho intramolecular Hbond substituents is 2. The predicted molar refractivity (Wildman–Crippen MR) is 69.6 cm³/mol. The van der Waals surface area contributed by atoms with Crippen LogP contribution in [0.15, 0.2) is 42.5 Å². The van der Waals surface area contributed by atoms with Crippen LogP contribution in [-0.4, -0.2) is 10.2 Å². The molecule has 0 spiro atoms. The van der Waals surface area contributed by atoms with E-state index in [1.165, 1.54) is 12.1 Å². The first kappa shape index (κ1) is 11.1. The molecule has 0 radical (unpaired) electrons. The van der Waals surface area contributed by atoms with E-state index < -0.39 is 0 Å². The smallest absolute Gasteiger partial charge is 0.142 e. The molecule has 2 aromatic rings. The van der Waals surface area contributed by atoms with Gasteiger partial charge in [-0.05, 0) is 11.6 Å². The Morgan fingerprint density at radius 1 is 0.941 bits per heavy atom. The minimum atomic E-state index is -0.113. The second kappa shape index (κ2) is 4.61. The van der Waals surface area contributed by atoms with Gasteiger partial charge in [-0.15, -0.1) is 0 Å². The third-order valence-corrected chi connectivity index (χ3v) is 2.43. The van der Waals surface area contributed by atoms with Crippen LogP contribution in [0.2, 0.25) is 0 Å². The van der Waals surface area contributed by atoms with Crippen molar-refractivity contribution < 1.29 is 10.2 Å². The highest BCUT2D eigenvalue weighted by molar-refractivity contribution is 5.79. The predicted octanol–water partition coefficient (Wildman–Crippen LogP) is 2.85. The molecule has 0 aliphatic carbocycles. The first-order valence-corrected chi connectivity index (χ1v) is 5.21. The molecular weight excluding hydrogens is 214 g/mol. The average molecular weight is 227 g/mol. The number of aromatic hydroxyl groups is 2. The molecule has 0 fully saturated rings. The van der Waals surface area contributed by atoms with Crippen LogP contribution in [0, 0.1) is 0 Å². The van der Waals surface area contributed by atoms with Gasteiger partial charge < -0.3 is 15.9 Å². The Balaban J connectivity index is 2.33. The van der Waals surface area contributed by atoms with Gasteiger partial charge in [-0.25, -0.2) is 0 Å². The fourth-order valence-electron chi connectivity index (χ4n) is 1.53. The number of anilines is 1. The van der Waals surface area contributed by atoms with Crippen molar-refractivity contribution in [3.05, 3.63) is 53.6 Å². The van der Waals surface area contributed by atoms with Crippen molar-refractivity contribution in [2.45, 2.75) is 0 Å². The molecule has 0 aliphatic heterocycles. The summed E-state index contributed by atoms with van der Waals surface area (Å²) in [4.78, 5) is 0. The number of hydrogen-bond donors (Lipinski definition) is 3. The van der Waals surface area contributed by atoms with Gasteiger partial charge in [0, 0.05) is 11.6 Å². The minimum Gasteiger partial charge on any atom is -0.508 e. The van der Waals surface area contributed by atoms with E-state index in [2.05, 4.69) is 0 Å². The van der Waals surface area contributed by atoms with Crippen molar-refractivity contribution in [1.82, 2.24) is 0 Å². The first-order valence-electron chi connectivity index (χ1n) is 5.21. The summed E-state index contributed by atoms with van der Waals surface area (Å²) in [6.45, 7) is 0. The van der Waals surface area contributed by atoms with Crippen LogP contribution in [0.25, 0.3) is 12.2 Å². The summed E-state index contributed by atoms with van der Waals surface area (Å²) in [6.07, 6.45) is 3.62. The molecule has 3 nitrogen and oxygen atoms in total. The standard InChI is InChI=1S/C14H13NO2/c15-14-11(8-12(16)9-13(14)17)7-6-10-4-2-1-3-5-10/h1-9,16-17H,15H2. The maximum Gasteiger partial charge on any atom is 0.142 e. The van der Waals surface area contributed by atoms with Gasteiger partial charge in [-0.2, -0.15) is 0 Å². The van der Waals surface area contributed by atoms with Crippen LogP contribution in [0.3, 0.4) is 0 Å². The molecule has 2 rings (SSSR count). The van der Waals surface area contributed by atoms with Gasteiger partial charge in [0.25, 0.3) is 0 Å². The molecule has 0 unspecified atom stereocenters.